The topological polar surface area (TPSA) is 85.1 Å². The molecule has 0 bridgehead atoms. The predicted octanol–water partition coefficient (Wildman–Crippen LogP) is 2.54. The summed E-state index contributed by atoms with van der Waals surface area (Å²) in [6.45, 7) is -0.459. The van der Waals surface area contributed by atoms with E-state index in [0.29, 0.717) is 12.2 Å². The fourth-order valence-electron chi connectivity index (χ4n) is 2.14. The van der Waals surface area contributed by atoms with Gasteiger partial charge < -0.3 is 15.2 Å². The number of nitrogens with zero attached hydrogens (tertiary/aromatic N) is 4. The van der Waals surface area contributed by atoms with Crippen LogP contribution in [-0.4, -0.2) is 31.5 Å². The van der Waals surface area contributed by atoms with Crippen molar-refractivity contribution in [2.45, 2.75) is 13.2 Å². The molecule has 0 amide bonds. The molecule has 0 saturated carbocycles. The van der Waals surface area contributed by atoms with Crippen LogP contribution in [0.15, 0.2) is 30.9 Å². The molecule has 0 aliphatic carbocycles. The van der Waals surface area contributed by atoms with Gasteiger partial charge in [0.25, 0.3) is 0 Å². The molecular formula is C16H13F4N5O2. The van der Waals surface area contributed by atoms with Crippen molar-refractivity contribution in [1.29, 1.82) is 0 Å². The first-order valence-electron chi connectivity index (χ1n) is 7.65. The molecule has 27 heavy (non-hydrogen) atoms. The summed E-state index contributed by atoms with van der Waals surface area (Å²) < 4.78 is 60.1. The zero-order chi connectivity index (χ0) is 19.4. The number of nitrogens with one attached hydrogen (secondary N) is 1. The van der Waals surface area contributed by atoms with Crippen molar-refractivity contribution < 1.29 is 27.4 Å². The first-order valence-corrected chi connectivity index (χ1v) is 7.65. The van der Waals surface area contributed by atoms with E-state index in [-0.39, 0.29) is 24.4 Å². The van der Waals surface area contributed by atoms with Crippen molar-refractivity contribution in [1.82, 2.24) is 19.7 Å². The van der Waals surface area contributed by atoms with Gasteiger partial charge in [0, 0.05) is 12.3 Å². The highest BCUT2D eigenvalue weighted by Crippen LogP contribution is 2.21. The minimum atomic E-state index is -1.52. The third kappa shape index (κ3) is 4.31. The van der Waals surface area contributed by atoms with Crippen molar-refractivity contribution in [3.05, 3.63) is 59.7 Å². The molecule has 0 unspecified atom stereocenters. The smallest absolute Gasteiger partial charge is 0.227 e. The largest absolute Gasteiger partial charge is 0.485 e. The zero-order valence-electron chi connectivity index (χ0n) is 13.7. The monoisotopic (exact) mass is 383 g/mol. The van der Waals surface area contributed by atoms with Crippen LogP contribution >= 0.6 is 0 Å². The molecule has 0 spiro atoms. The molecule has 3 aromatic rings. The molecule has 2 N–H and O–H groups in total. The molecule has 0 radical (unpaired) electrons. The number of anilines is 2. The van der Waals surface area contributed by atoms with E-state index in [2.05, 4.69) is 20.4 Å². The fourth-order valence-corrected chi connectivity index (χ4v) is 2.14. The summed E-state index contributed by atoms with van der Waals surface area (Å²) in [5.41, 5.74) is -0.289. The van der Waals surface area contributed by atoms with E-state index in [9.17, 15) is 17.6 Å². The summed E-state index contributed by atoms with van der Waals surface area (Å²) >= 11 is 0. The van der Waals surface area contributed by atoms with Crippen molar-refractivity contribution in [2.75, 3.05) is 11.9 Å². The highest BCUT2D eigenvalue weighted by Gasteiger charge is 2.19. The number of halogens is 4. The highest BCUT2D eigenvalue weighted by molar-refractivity contribution is 5.50. The second kappa shape index (κ2) is 7.99. The third-order valence-electron chi connectivity index (χ3n) is 3.43. The Morgan fingerprint density at radius 3 is 2.33 bits per heavy atom. The number of hydrogen-bond donors (Lipinski definition) is 2. The minimum Gasteiger partial charge on any atom is -0.485 e. The van der Waals surface area contributed by atoms with E-state index in [4.69, 9.17) is 9.84 Å². The number of aliphatic hydroxyl groups excluding tert-OH is 1. The standard InChI is InChI=1S/C16H13F4N5O2/c17-12-3-13(18)15(20)11(14(12)19)8-27-10-5-21-16(22-6-10)24-9-4-23-25(7-9)1-2-26/h3-7,26H,1-2,8H2,(H,21,22,24). The van der Waals surface area contributed by atoms with Crippen LogP contribution in [0.4, 0.5) is 29.2 Å². The van der Waals surface area contributed by atoms with Crippen LogP contribution < -0.4 is 10.1 Å². The molecule has 7 nitrogen and oxygen atoms in total. The summed E-state index contributed by atoms with van der Waals surface area (Å²) in [5.74, 6) is -5.82. The maximum atomic E-state index is 13.6. The van der Waals surface area contributed by atoms with E-state index in [0.717, 1.165) is 0 Å². The Labute approximate surface area is 150 Å². The van der Waals surface area contributed by atoms with Gasteiger partial charge in [-0.3, -0.25) is 4.68 Å². The maximum absolute atomic E-state index is 13.6. The number of rotatable bonds is 7. The van der Waals surface area contributed by atoms with Crippen molar-refractivity contribution in [3.8, 4) is 5.75 Å². The van der Waals surface area contributed by atoms with Crippen molar-refractivity contribution >= 4 is 11.6 Å². The summed E-state index contributed by atoms with van der Waals surface area (Å²) in [4.78, 5) is 7.90. The first-order chi connectivity index (χ1) is 13.0. The van der Waals surface area contributed by atoms with Crippen LogP contribution in [0.3, 0.4) is 0 Å². The lowest BCUT2D eigenvalue weighted by Gasteiger charge is -2.09. The van der Waals surface area contributed by atoms with E-state index >= 15 is 0 Å². The van der Waals surface area contributed by atoms with Crippen LogP contribution in [0.1, 0.15) is 5.56 Å². The molecule has 2 aromatic heterocycles. The molecule has 0 aliphatic rings. The van der Waals surface area contributed by atoms with Crippen molar-refractivity contribution in [2.24, 2.45) is 0 Å². The average molecular weight is 383 g/mol. The molecule has 3 rings (SSSR count). The lowest BCUT2D eigenvalue weighted by molar-refractivity contribution is 0.269. The van der Waals surface area contributed by atoms with Crippen molar-refractivity contribution in [3.63, 3.8) is 0 Å². The van der Waals surface area contributed by atoms with Crippen LogP contribution in [0.2, 0.25) is 0 Å². The van der Waals surface area contributed by atoms with E-state index in [1.165, 1.54) is 23.3 Å². The lowest BCUT2D eigenvalue weighted by Crippen LogP contribution is -2.07. The van der Waals surface area contributed by atoms with Gasteiger partial charge in [0.05, 0.1) is 43.0 Å². The second-order valence-corrected chi connectivity index (χ2v) is 5.32. The molecule has 0 aliphatic heterocycles. The Morgan fingerprint density at radius 2 is 1.70 bits per heavy atom. The number of aromatic nitrogens is 4. The maximum Gasteiger partial charge on any atom is 0.227 e. The first kappa shape index (κ1) is 18.6. The summed E-state index contributed by atoms with van der Waals surface area (Å²) in [7, 11) is 0. The molecule has 0 fully saturated rings. The minimum absolute atomic E-state index is 0.0417. The Hall–Kier alpha value is -3.21. The Bertz CT molecular complexity index is 907. The molecular weight excluding hydrogens is 370 g/mol. The van der Waals surface area contributed by atoms with Gasteiger partial charge in [-0.1, -0.05) is 0 Å². The van der Waals surface area contributed by atoms with Gasteiger partial charge in [0.1, 0.15) is 6.61 Å². The Morgan fingerprint density at radius 1 is 1.04 bits per heavy atom. The lowest BCUT2D eigenvalue weighted by atomic mass is 10.2. The van der Waals surface area contributed by atoms with Gasteiger partial charge in [0.2, 0.25) is 5.95 Å². The average Bonchev–Trinajstić information content (AvgIpc) is 3.09. The number of benzene rings is 1. The zero-order valence-corrected chi connectivity index (χ0v) is 13.7. The number of hydrogen-bond acceptors (Lipinski definition) is 6. The van der Waals surface area contributed by atoms with Gasteiger partial charge in [0.15, 0.2) is 29.0 Å². The van der Waals surface area contributed by atoms with Gasteiger partial charge >= 0.3 is 0 Å². The molecule has 2 heterocycles. The Balaban J connectivity index is 1.64. The summed E-state index contributed by atoms with van der Waals surface area (Å²) in [6, 6.07) is 0.125. The van der Waals surface area contributed by atoms with Crippen LogP contribution in [0.5, 0.6) is 5.75 Å². The second-order valence-electron chi connectivity index (χ2n) is 5.32. The molecule has 0 atom stereocenters. The van der Waals surface area contributed by atoms with Crippen LogP contribution in [-0.2, 0) is 13.2 Å². The van der Waals surface area contributed by atoms with Gasteiger partial charge in [-0.15, -0.1) is 0 Å². The van der Waals surface area contributed by atoms with E-state index in [1.54, 1.807) is 6.20 Å². The van der Waals surface area contributed by atoms with E-state index in [1.807, 2.05) is 0 Å². The quantitative estimate of drug-likeness (QED) is 0.482. The normalized spacial score (nSPS) is 10.9. The highest BCUT2D eigenvalue weighted by atomic mass is 19.2. The van der Waals surface area contributed by atoms with Crippen LogP contribution in [0, 0.1) is 23.3 Å². The summed E-state index contributed by atoms with van der Waals surface area (Å²) in [5, 5.41) is 15.7. The van der Waals surface area contributed by atoms with Crippen LogP contribution in [0.25, 0.3) is 0 Å². The number of ether oxygens (including phenoxy) is 1. The third-order valence-corrected chi connectivity index (χ3v) is 3.43. The predicted molar refractivity (Wildman–Crippen MR) is 85.2 cm³/mol. The Kier molecular flexibility index (Phi) is 5.50. The molecule has 0 saturated heterocycles. The van der Waals surface area contributed by atoms with Gasteiger partial charge in [-0.05, 0) is 0 Å². The number of aliphatic hydroxyl groups is 1. The fraction of sp³-hybridized carbons (Fsp3) is 0.188. The summed E-state index contributed by atoms with van der Waals surface area (Å²) in [6.07, 6.45) is 5.58. The van der Waals surface area contributed by atoms with Gasteiger partial charge in [-0.2, -0.15) is 5.10 Å². The molecule has 142 valence electrons. The molecule has 1 aromatic carbocycles. The van der Waals surface area contributed by atoms with E-state index < -0.39 is 35.4 Å². The SMILES string of the molecule is OCCn1cc(Nc2ncc(OCc3c(F)c(F)cc(F)c3F)cn2)cn1. The molecule has 11 heteroatoms. The van der Waals surface area contributed by atoms with Gasteiger partial charge in [-0.25, -0.2) is 27.5 Å².